The lowest BCUT2D eigenvalue weighted by Gasteiger charge is -2.39. The van der Waals surface area contributed by atoms with Crippen LogP contribution >= 0.6 is 0 Å². The summed E-state index contributed by atoms with van der Waals surface area (Å²) < 4.78 is 11.5. The van der Waals surface area contributed by atoms with Crippen LogP contribution in [0.25, 0.3) is 21.7 Å². The third-order valence-corrected chi connectivity index (χ3v) is 6.80. The first kappa shape index (κ1) is 22.7. The molecule has 0 saturated carbocycles. The maximum Gasteiger partial charge on any atom is 0.128 e. The summed E-state index contributed by atoms with van der Waals surface area (Å²) in [7, 11) is 0. The zero-order valence-corrected chi connectivity index (χ0v) is 19.5. The second-order valence-electron chi connectivity index (χ2n) is 9.15. The van der Waals surface area contributed by atoms with Crippen LogP contribution in [0.5, 0.6) is 11.5 Å². The quantitative estimate of drug-likeness (QED) is 0.362. The Morgan fingerprint density at radius 1 is 1.00 bits per heavy atom. The molecule has 1 saturated heterocycles. The number of hydrogen-bond donors (Lipinski definition) is 3. The molecule has 1 aromatic heterocycles. The van der Waals surface area contributed by atoms with Crippen molar-refractivity contribution >= 4 is 21.7 Å². The van der Waals surface area contributed by atoms with Crippen LogP contribution in [0.15, 0.2) is 66.9 Å². The molecule has 1 aliphatic heterocycles. The largest absolute Gasteiger partial charge is 0.494 e. The Labute approximate surface area is 199 Å². The molecule has 178 valence electrons. The molecule has 6 heteroatoms. The number of benzene rings is 3. The topological polar surface area (TPSA) is 78.0 Å². The molecule has 5 rings (SSSR count). The first-order chi connectivity index (χ1) is 16.5. The van der Waals surface area contributed by atoms with Crippen LogP contribution in [-0.2, 0) is 5.60 Å². The number of hydrogen-bond acceptors (Lipinski definition) is 5. The van der Waals surface area contributed by atoms with Gasteiger partial charge >= 0.3 is 0 Å². The highest BCUT2D eigenvalue weighted by Crippen LogP contribution is 2.35. The average molecular weight is 461 g/mol. The highest BCUT2D eigenvalue weighted by atomic mass is 16.5. The van der Waals surface area contributed by atoms with Gasteiger partial charge in [0, 0.05) is 36.7 Å². The van der Waals surface area contributed by atoms with Gasteiger partial charge in [0.05, 0.1) is 12.2 Å². The second kappa shape index (κ2) is 9.66. The van der Waals surface area contributed by atoms with Crippen molar-refractivity contribution in [3.63, 3.8) is 0 Å². The number of piperidine rings is 1. The van der Waals surface area contributed by atoms with Crippen molar-refractivity contribution in [2.24, 2.45) is 0 Å². The molecule has 3 N–H and O–H groups in total. The lowest BCUT2D eigenvalue weighted by molar-refractivity contribution is -0.0371. The second-order valence-corrected chi connectivity index (χ2v) is 9.15. The van der Waals surface area contributed by atoms with Crippen molar-refractivity contribution in [1.29, 1.82) is 0 Å². The minimum Gasteiger partial charge on any atom is -0.494 e. The van der Waals surface area contributed by atoms with Gasteiger partial charge in [-0.2, -0.15) is 0 Å². The molecule has 2 heterocycles. The zero-order valence-electron chi connectivity index (χ0n) is 19.5. The van der Waals surface area contributed by atoms with E-state index in [2.05, 4.69) is 22.0 Å². The monoisotopic (exact) mass is 460 g/mol. The number of nitrogens with zero attached hydrogens (tertiary/aromatic N) is 1. The molecular weight excluding hydrogens is 428 g/mol. The van der Waals surface area contributed by atoms with Gasteiger partial charge in [-0.05, 0) is 72.5 Å². The van der Waals surface area contributed by atoms with E-state index < -0.39 is 11.7 Å². The standard InChI is InChI=1S/C28H32N2O4/c1-2-33-24-9-7-20-16-22(8-6-21(20)17-24)28(32)11-14-30(15-12-28)18-23(31)19-34-27-5-3-4-26-25(27)10-13-29-26/h3-10,13,16-17,23,29,31-32H,2,11-12,14-15,18-19H2,1H3/t23-/m0/s1. The minimum atomic E-state index is -0.853. The zero-order chi connectivity index (χ0) is 23.5. The van der Waals surface area contributed by atoms with Crippen molar-refractivity contribution in [3.8, 4) is 11.5 Å². The van der Waals surface area contributed by atoms with Crippen LogP contribution in [0.1, 0.15) is 25.3 Å². The molecule has 0 spiro atoms. The van der Waals surface area contributed by atoms with Gasteiger partial charge in [-0.15, -0.1) is 0 Å². The number of aromatic nitrogens is 1. The first-order valence-electron chi connectivity index (χ1n) is 12.0. The Kier molecular flexibility index (Phi) is 6.46. The summed E-state index contributed by atoms with van der Waals surface area (Å²) in [4.78, 5) is 5.37. The summed E-state index contributed by atoms with van der Waals surface area (Å²) in [6.07, 6.45) is 2.55. The van der Waals surface area contributed by atoms with E-state index >= 15 is 0 Å². The summed E-state index contributed by atoms with van der Waals surface area (Å²) >= 11 is 0. The van der Waals surface area contributed by atoms with Crippen LogP contribution in [0.3, 0.4) is 0 Å². The van der Waals surface area contributed by atoms with Crippen molar-refractivity contribution in [1.82, 2.24) is 9.88 Å². The molecule has 0 bridgehead atoms. The fraction of sp³-hybridized carbons (Fsp3) is 0.357. The fourth-order valence-corrected chi connectivity index (χ4v) is 4.88. The molecular formula is C28H32N2O4. The first-order valence-corrected chi connectivity index (χ1v) is 12.0. The lowest BCUT2D eigenvalue weighted by Crippen LogP contribution is -2.46. The van der Waals surface area contributed by atoms with E-state index in [1.807, 2.05) is 61.7 Å². The van der Waals surface area contributed by atoms with Crippen molar-refractivity contribution in [3.05, 3.63) is 72.4 Å². The number of nitrogens with one attached hydrogen (secondary N) is 1. The molecule has 0 unspecified atom stereocenters. The minimum absolute atomic E-state index is 0.236. The third-order valence-electron chi connectivity index (χ3n) is 6.80. The molecule has 0 radical (unpaired) electrons. The fourth-order valence-electron chi connectivity index (χ4n) is 4.88. The van der Waals surface area contributed by atoms with Gasteiger partial charge < -0.3 is 29.6 Å². The Bertz CT molecular complexity index is 1260. The van der Waals surface area contributed by atoms with Crippen LogP contribution in [-0.4, -0.2) is 59.0 Å². The normalized spacial score (nSPS) is 17.1. The number of β-amino-alcohol motifs (C(OH)–C–C–N with tert-alkyl or cyclic N) is 1. The van der Waals surface area contributed by atoms with Gasteiger partial charge in [0.1, 0.15) is 24.2 Å². The van der Waals surface area contributed by atoms with Crippen LogP contribution in [0.2, 0.25) is 0 Å². The van der Waals surface area contributed by atoms with Gasteiger partial charge in [-0.3, -0.25) is 0 Å². The summed E-state index contributed by atoms with van der Waals surface area (Å²) in [5.41, 5.74) is 1.12. The Balaban J connectivity index is 1.17. The molecule has 1 atom stereocenters. The van der Waals surface area contributed by atoms with E-state index in [4.69, 9.17) is 9.47 Å². The molecule has 1 aliphatic rings. The molecule has 3 aromatic carbocycles. The average Bonchev–Trinajstić information content (AvgIpc) is 3.34. The van der Waals surface area contributed by atoms with E-state index in [0.717, 1.165) is 51.8 Å². The Morgan fingerprint density at radius 2 is 1.79 bits per heavy atom. The molecule has 34 heavy (non-hydrogen) atoms. The molecule has 0 amide bonds. The van der Waals surface area contributed by atoms with Gasteiger partial charge in [-0.1, -0.05) is 24.3 Å². The number of aliphatic hydroxyl groups excluding tert-OH is 1. The summed E-state index contributed by atoms with van der Waals surface area (Å²) in [6.45, 7) is 4.83. The summed E-state index contributed by atoms with van der Waals surface area (Å²) in [5.74, 6) is 1.64. The van der Waals surface area contributed by atoms with Gasteiger partial charge in [0.25, 0.3) is 0 Å². The lowest BCUT2D eigenvalue weighted by atomic mass is 9.83. The highest BCUT2D eigenvalue weighted by Gasteiger charge is 2.34. The Morgan fingerprint density at radius 3 is 2.62 bits per heavy atom. The number of aliphatic hydroxyl groups is 2. The Hall–Kier alpha value is -3.06. The van der Waals surface area contributed by atoms with Crippen LogP contribution in [0, 0.1) is 0 Å². The van der Waals surface area contributed by atoms with Crippen molar-refractivity contribution in [2.45, 2.75) is 31.5 Å². The summed E-state index contributed by atoms with van der Waals surface area (Å²) in [5, 5.41) is 25.2. The number of aromatic amines is 1. The molecule has 6 nitrogen and oxygen atoms in total. The predicted molar refractivity (Wildman–Crippen MR) is 134 cm³/mol. The van der Waals surface area contributed by atoms with Gasteiger partial charge in [0.2, 0.25) is 0 Å². The third kappa shape index (κ3) is 4.75. The van der Waals surface area contributed by atoms with Crippen molar-refractivity contribution < 1.29 is 19.7 Å². The van der Waals surface area contributed by atoms with Gasteiger partial charge in [0.15, 0.2) is 0 Å². The van der Waals surface area contributed by atoms with Gasteiger partial charge in [-0.25, -0.2) is 0 Å². The highest BCUT2D eigenvalue weighted by molar-refractivity contribution is 5.86. The SMILES string of the molecule is CCOc1ccc2cc(C3(O)CCN(C[C@H](O)COc4cccc5[nH]ccc45)CC3)ccc2c1. The van der Waals surface area contributed by atoms with E-state index in [1.165, 1.54) is 0 Å². The maximum absolute atomic E-state index is 11.4. The van der Waals surface area contributed by atoms with E-state index in [9.17, 15) is 10.2 Å². The van der Waals surface area contributed by atoms with Crippen molar-refractivity contribution in [2.75, 3.05) is 32.8 Å². The number of rotatable bonds is 8. The van der Waals surface area contributed by atoms with E-state index in [0.29, 0.717) is 26.0 Å². The molecule has 0 aliphatic carbocycles. The van der Waals surface area contributed by atoms with Crippen LogP contribution < -0.4 is 9.47 Å². The van der Waals surface area contributed by atoms with E-state index in [-0.39, 0.29) is 6.61 Å². The molecule has 1 fully saturated rings. The summed E-state index contributed by atoms with van der Waals surface area (Å²) in [6, 6.07) is 20.1. The predicted octanol–water partition coefficient (Wildman–Crippen LogP) is 4.44. The smallest absolute Gasteiger partial charge is 0.128 e. The molecule has 4 aromatic rings. The van der Waals surface area contributed by atoms with E-state index in [1.54, 1.807) is 0 Å². The van der Waals surface area contributed by atoms with Crippen LogP contribution in [0.4, 0.5) is 0 Å². The number of ether oxygens (including phenoxy) is 2. The number of H-pyrrole nitrogens is 1. The number of likely N-dealkylation sites (tertiary alicyclic amines) is 1. The maximum atomic E-state index is 11.4. The number of fused-ring (bicyclic) bond motifs is 2.